The van der Waals surface area contributed by atoms with E-state index in [2.05, 4.69) is 21.4 Å². The summed E-state index contributed by atoms with van der Waals surface area (Å²) in [7, 11) is 0. The zero-order valence-corrected chi connectivity index (χ0v) is 12.8. The summed E-state index contributed by atoms with van der Waals surface area (Å²) in [6, 6.07) is 5.09. The summed E-state index contributed by atoms with van der Waals surface area (Å²) in [6.07, 6.45) is 5.36. The molecule has 2 aliphatic carbocycles. The van der Waals surface area contributed by atoms with Gasteiger partial charge in [-0.3, -0.25) is 5.32 Å². The van der Waals surface area contributed by atoms with Gasteiger partial charge in [-0.25, -0.2) is 9.97 Å². The molecular weight excluding hydrogens is 268 g/mol. The summed E-state index contributed by atoms with van der Waals surface area (Å²) in [4.78, 5) is 8.99. The molecule has 2 fully saturated rings. The third-order valence-electron chi connectivity index (χ3n) is 3.97. The first-order chi connectivity index (χ1) is 9.58. The lowest BCUT2D eigenvalue weighted by atomic mass is 10.00. The summed E-state index contributed by atoms with van der Waals surface area (Å²) in [5.74, 6) is 0. The fourth-order valence-corrected chi connectivity index (χ4v) is 4.17. The van der Waals surface area contributed by atoms with Gasteiger partial charge in [-0.15, -0.1) is 0 Å². The normalized spacial score (nSPS) is 29.4. The summed E-state index contributed by atoms with van der Waals surface area (Å²) in [5, 5.41) is 14.4. The van der Waals surface area contributed by atoms with Crippen molar-refractivity contribution in [1.29, 1.82) is 5.26 Å². The highest BCUT2D eigenvalue weighted by Gasteiger charge is 2.43. The fourth-order valence-electron chi connectivity index (χ4n) is 2.88. The van der Waals surface area contributed by atoms with Crippen molar-refractivity contribution in [3.8, 4) is 6.07 Å². The van der Waals surface area contributed by atoms with E-state index in [4.69, 9.17) is 0 Å². The maximum absolute atomic E-state index is 9.51. The first kappa shape index (κ1) is 13.8. The molecule has 2 aliphatic rings. The third kappa shape index (κ3) is 3.13. The van der Waals surface area contributed by atoms with Crippen LogP contribution in [0, 0.1) is 25.2 Å². The van der Waals surface area contributed by atoms with Crippen LogP contribution in [-0.2, 0) is 0 Å². The molecule has 1 heterocycles. The largest absolute Gasteiger partial charge is 0.297 e. The molecule has 0 radical (unpaired) electrons. The van der Waals surface area contributed by atoms with Crippen LogP contribution in [0.25, 0.3) is 0 Å². The number of thioether (sulfide) groups is 1. The van der Waals surface area contributed by atoms with Gasteiger partial charge in [0.25, 0.3) is 0 Å². The Hall–Kier alpha value is -1.12. The Labute approximate surface area is 124 Å². The van der Waals surface area contributed by atoms with Crippen LogP contribution in [0.1, 0.15) is 43.5 Å². The number of hydrogen-bond donors (Lipinski definition) is 1. The second kappa shape index (κ2) is 5.34. The Bertz CT molecular complexity index is 529. The molecule has 3 rings (SSSR count). The van der Waals surface area contributed by atoms with Gasteiger partial charge in [0.1, 0.15) is 5.54 Å². The van der Waals surface area contributed by atoms with Crippen LogP contribution in [0.15, 0.2) is 11.2 Å². The van der Waals surface area contributed by atoms with Crippen molar-refractivity contribution in [2.45, 2.75) is 67.9 Å². The zero-order chi connectivity index (χ0) is 14.2. The van der Waals surface area contributed by atoms with Crippen molar-refractivity contribution < 1.29 is 0 Å². The molecule has 20 heavy (non-hydrogen) atoms. The minimum Gasteiger partial charge on any atom is -0.297 e. The van der Waals surface area contributed by atoms with E-state index in [1.165, 1.54) is 12.8 Å². The lowest BCUT2D eigenvalue weighted by molar-refractivity contribution is 0.420. The highest BCUT2D eigenvalue weighted by molar-refractivity contribution is 7.99. The summed E-state index contributed by atoms with van der Waals surface area (Å²) in [5.41, 5.74) is 1.72. The van der Waals surface area contributed by atoms with Crippen LogP contribution >= 0.6 is 11.8 Å². The van der Waals surface area contributed by atoms with Crippen LogP contribution < -0.4 is 5.32 Å². The van der Waals surface area contributed by atoms with Gasteiger partial charge < -0.3 is 0 Å². The van der Waals surface area contributed by atoms with Crippen molar-refractivity contribution in [3.05, 3.63) is 17.5 Å². The molecule has 2 unspecified atom stereocenters. The molecule has 2 atom stereocenters. The smallest absolute Gasteiger partial charge is 0.188 e. The number of nitriles is 1. The minimum atomic E-state index is -0.308. The number of hydrogen-bond acceptors (Lipinski definition) is 5. The molecule has 2 saturated carbocycles. The average molecular weight is 288 g/mol. The van der Waals surface area contributed by atoms with Crippen molar-refractivity contribution in [2.75, 3.05) is 0 Å². The second-order valence-electron chi connectivity index (χ2n) is 6.03. The molecule has 0 amide bonds. The predicted octanol–water partition coefficient (Wildman–Crippen LogP) is 2.75. The van der Waals surface area contributed by atoms with Crippen LogP contribution in [0.2, 0.25) is 0 Å². The van der Waals surface area contributed by atoms with Gasteiger partial charge in [0.05, 0.1) is 6.07 Å². The van der Waals surface area contributed by atoms with Crippen molar-refractivity contribution in [2.24, 2.45) is 0 Å². The fraction of sp³-hybridized carbons (Fsp3) is 0.667. The summed E-state index contributed by atoms with van der Waals surface area (Å²) < 4.78 is 0. The zero-order valence-electron chi connectivity index (χ0n) is 12.0. The van der Waals surface area contributed by atoms with Crippen molar-refractivity contribution in [1.82, 2.24) is 15.3 Å². The quantitative estimate of drug-likeness (QED) is 0.863. The second-order valence-corrected chi connectivity index (χ2v) is 7.30. The van der Waals surface area contributed by atoms with E-state index in [9.17, 15) is 5.26 Å². The van der Waals surface area contributed by atoms with Gasteiger partial charge >= 0.3 is 0 Å². The Morgan fingerprint density at radius 1 is 1.30 bits per heavy atom. The molecule has 0 saturated heterocycles. The van der Waals surface area contributed by atoms with Gasteiger partial charge in [-0.2, -0.15) is 5.26 Å². The first-order valence-corrected chi connectivity index (χ1v) is 8.14. The number of aryl methyl sites for hydroxylation is 2. The van der Waals surface area contributed by atoms with Crippen LogP contribution in [-0.4, -0.2) is 26.8 Å². The standard InChI is InChI=1S/C15H20N4S/c1-10-7-11(2)18-14(17-10)20-13-5-6-15(8-13,9-16)19-12-3-4-12/h7,12-13,19H,3-6,8H2,1-2H3. The van der Waals surface area contributed by atoms with E-state index in [1.807, 2.05) is 19.9 Å². The Balaban J connectivity index is 1.66. The molecule has 5 heteroatoms. The van der Waals surface area contributed by atoms with Gasteiger partial charge in [0.2, 0.25) is 0 Å². The highest BCUT2D eigenvalue weighted by Crippen LogP contribution is 2.40. The van der Waals surface area contributed by atoms with Crippen LogP contribution in [0.4, 0.5) is 0 Å². The maximum atomic E-state index is 9.51. The van der Waals surface area contributed by atoms with E-state index in [1.54, 1.807) is 11.8 Å². The minimum absolute atomic E-state index is 0.308. The lowest BCUT2D eigenvalue weighted by Gasteiger charge is -2.22. The Kier molecular flexibility index (Phi) is 3.70. The Morgan fingerprint density at radius 3 is 2.60 bits per heavy atom. The number of nitrogens with one attached hydrogen (secondary N) is 1. The molecule has 0 aromatic carbocycles. The molecule has 0 aliphatic heterocycles. The number of rotatable bonds is 4. The van der Waals surface area contributed by atoms with Gasteiger partial charge in [-0.1, -0.05) is 11.8 Å². The molecule has 106 valence electrons. The molecule has 1 aromatic rings. The predicted molar refractivity (Wildman–Crippen MR) is 79.5 cm³/mol. The van der Waals surface area contributed by atoms with Crippen molar-refractivity contribution >= 4 is 11.8 Å². The van der Waals surface area contributed by atoms with E-state index in [0.29, 0.717) is 11.3 Å². The molecule has 4 nitrogen and oxygen atoms in total. The van der Waals surface area contributed by atoms with E-state index < -0.39 is 0 Å². The monoisotopic (exact) mass is 288 g/mol. The average Bonchev–Trinajstić information content (AvgIpc) is 3.09. The molecular formula is C15H20N4S. The topological polar surface area (TPSA) is 61.6 Å². The van der Waals surface area contributed by atoms with Gasteiger partial charge in [-0.05, 0) is 52.0 Å². The Morgan fingerprint density at radius 2 is 2.00 bits per heavy atom. The highest BCUT2D eigenvalue weighted by atomic mass is 32.2. The molecule has 1 aromatic heterocycles. The number of aromatic nitrogens is 2. The number of nitrogens with zero attached hydrogens (tertiary/aromatic N) is 3. The van der Waals surface area contributed by atoms with Crippen LogP contribution in [0.3, 0.4) is 0 Å². The van der Waals surface area contributed by atoms with E-state index in [-0.39, 0.29) is 5.54 Å². The molecule has 0 spiro atoms. The van der Waals surface area contributed by atoms with E-state index >= 15 is 0 Å². The van der Waals surface area contributed by atoms with Gasteiger partial charge in [0.15, 0.2) is 5.16 Å². The van der Waals surface area contributed by atoms with E-state index in [0.717, 1.165) is 35.8 Å². The van der Waals surface area contributed by atoms with Crippen molar-refractivity contribution in [3.63, 3.8) is 0 Å². The maximum Gasteiger partial charge on any atom is 0.188 e. The molecule has 1 N–H and O–H groups in total. The third-order valence-corrected chi connectivity index (χ3v) is 5.10. The van der Waals surface area contributed by atoms with Gasteiger partial charge in [0, 0.05) is 22.7 Å². The molecule has 0 bridgehead atoms. The SMILES string of the molecule is Cc1cc(C)nc(SC2CCC(C#N)(NC3CC3)C2)n1. The summed E-state index contributed by atoms with van der Waals surface area (Å²) in [6.45, 7) is 4.00. The first-order valence-electron chi connectivity index (χ1n) is 7.26. The van der Waals surface area contributed by atoms with Crippen LogP contribution in [0.5, 0.6) is 0 Å². The summed E-state index contributed by atoms with van der Waals surface area (Å²) >= 11 is 1.73. The lowest BCUT2D eigenvalue weighted by Crippen LogP contribution is -2.43.